The maximum absolute atomic E-state index is 14.2. The number of nitro groups is 1. The van der Waals surface area contributed by atoms with E-state index in [1.165, 1.54) is 18.2 Å². The quantitative estimate of drug-likeness (QED) is 0.518. The van der Waals surface area contributed by atoms with E-state index < -0.39 is 46.2 Å². The van der Waals surface area contributed by atoms with Gasteiger partial charge in [0.25, 0.3) is 0 Å². The Morgan fingerprint density at radius 1 is 1.38 bits per heavy atom. The lowest BCUT2D eigenvalue weighted by Gasteiger charge is -2.31. The fourth-order valence-corrected chi connectivity index (χ4v) is 3.51. The summed E-state index contributed by atoms with van der Waals surface area (Å²) in [4.78, 5) is 23.7. The van der Waals surface area contributed by atoms with Crippen LogP contribution in [0.4, 0.5) is 4.39 Å². The highest BCUT2D eigenvalue weighted by molar-refractivity contribution is 5.77. The Morgan fingerprint density at radius 3 is 2.50 bits per heavy atom. The van der Waals surface area contributed by atoms with Crippen LogP contribution in [0.3, 0.4) is 0 Å². The number of carbonyl (C=O) groups is 1. The van der Waals surface area contributed by atoms with Gasteiger partial charge in [0.15, 0.2) is 0 Å². The van der Waals surface area contributed by atoms with Gasteiger partial charge in [-0.2, -0.15) is 0 Å². The van der Waals surface area contributed by atoms with Crippen molar-refractivity contribution in [1.82, 2.24) is 5.32 Å². The molecule has 1 saturated heterocycles. The van der Waals surface area contributed by atoms with E-state index >= 15 is 0 Å². The number of hydrogen-bond acceptors (Lipinski definition) is 5. The van der Waals surface area contributed by atoms with Crippen molar-refractivity contribution < 1.29 is 18.8 Å². The zero-order valence-electron chi connectivity index (χ0n) is 14.3. The Labute approximate surface area is 140 Å². The fourth-order valence-electron chi connectivity index (χ4n) is 3.51. The van der Waals surface area contributed by atoms with Crippen LogP contribution in [0.25, 0.3) is 0 Å². The topological polar surface area (TPSA) is 81.5 Å². The molecule has 1 fully saturated rings. The SMILES string of the molecule is CCOC(=O)[C@H]1N[C@@H](c2ccccc2F)[C@@H]([N+](=O)[O-])[C@@H]1C(C)(C)C. The monoisotopic (exact) mass is 338 g/mol. The number of rotatable bonds is 4. The van der Waals surface area contributed by atoms with Crippen LogP contribution < -0.4 is 5.32 Å². The van der Waals surface area contributed by atoms with Crippen molar-refractivity contribution in [3.63, 3.8) is 0 Å². The van der Waals surface area contributed by atoms with Crippen LogP contribution in [0.1, 0.15) is 39.3 Å². The molecule has 1 heterocycles. The van der Waals surface area contributed by atoms with Crippen LogP contribution in [0, 0.1) is 27.3 Å². The van der Waals surface area contributed by atoms with Gasteiger partial charge in [0.2, 0.25) is 6.04 Å². The molecule has 2 rings (SSSR count). The molecule has 7 heteroatoms. The lowest BCUT2D eigenvalue weighted by molar-refractivity contribution is -0.535. The van der Waals surface area contributed by atoms with Crippen LogP contribution in [-0.4, -0.2) is 29.6 Å². The van der Waals surface area contributed by atoms with Gasteiger partial charge in [0.1, 0.15) is 17.9 Å². The molecule has 1 aliphatic heterocycles. The molecule has 0 amide bonds. The van der Waals surface area contributed by atoms with Gasteiger partial charge in [-0.3, -0.25) is 20.2 Å². The molecule has 0 aromatic heterocycles. The molecule has 0 aliphatic carbocycles. The zero-order chi connectivity index (χ0) is 18.1. The summed E-state index contributed by atoms with van der Waals surface area (Å²) < 4.78 is 19.3. The first kappa shape index (κ1) is 18.3. The van der Waals surface area contributed by atoms with Gasteiger partial charge in [-0.1, -0.05) is 39.0 Å². The first-order chi connectivity index (χ1) is 11.2. The summed E-state index contributed by atoms with van der Waals surface area (Å²) in [5.74, 6) is -1.70. The number of carbonyl (C=O) groups excluding carboxylic acids is 1. The third-order valence-corrected chi connectivity index (χ3v) is 4.45. The number of ether oxygens (including phenoxy) is 1. The average Bonchev–Trinajstić information content (AvgIpc) is 2.88. The lowest BCUT2D eigenvalue weighted by Crippen LogP contribution is -2.45. The molecule has 0 radical (unpaired) electrons. The van der Waals surface area contributed by atoms with Crippen LogP contribution in [0.5, 0.6) is 0 Å². The van der Waals surface area contributed by atoms with E-state index in [-0.39, 0.29) is 12.2 Å². The van der Waals surface area contributed by atoms with Crippen molar-refractivity contribution in [2.24, 2.45) is 11.3 Å². The highest BCUT2D eigenvalue weighted by Gasteiger charge is 2.58. The van der Waals surface area contributed by atoms with Crippen molar-refractivity contribution >= 4 is 5.97 Å². The van der Waals surface area contributed by atoms with Gasteiger partial charge in [0.05, 0.1) is 12.5 Å². The predicted octanol–water partition coefficient (Wildman–Crippen LogP) is 2.71. The maximum Gasteiger partial charge on any atom is 0.323 e. The minimum Gasteiger partial charge on any atom is -0.465 e. The van der Waals surface area contributed by atoms with E-state index in [2.05, 4.69) is 5.32 Å². The number of nitrogens with one attached hydrogen (secondary N) is 1. The van der Waals surface area contributed by atoms with E-state index in [0.717, 1.165) is 0 Å². The van der Waals surface area contributed by atoms with E-state index in [1.807, 2.05) is 20.8 Å². The van der Waals surface area contributed by atoms with E-state index in [4.69, 9.17) is 4.74 Å². The third kappa shape index (κ3) is 3.40. The van der Waals surface area contributed by atoms with Crippen molar-refractivity contribution in [2.75, 3.05) is 6.61 Å². The summed E-state index contributed by atoms with van der Waals surface area (Å²) in [7, 11) is 0. The molecule has 0 saturated carbocycles. The van der Waals surface area contributed by atoms with Crippen LogP contribution in [-0.2, 0) is 9.53 Å². The summed E-state index contributed by atoms with van der Waals surface area (Å²) in [6.07, 6.45) is 0. The predicted molar refractivity (Wildman–Crippen MR) is 86.4 cm³/mol. The van der Waals surface area contributed by atoms with E-state index in [1.54, 1.807) is 13.0 Å². The normalized spacial score (nSPS) is 27.0. The molecule has 1 aliphatic rings. The molecular weight excluding hydrogens is 315 g/mol. The summed E-state index contributed by atoms with van der Waals surface area (Å²) in [6.45, 7) is 7.38. The highest BCUT2D eigenvalue weighted by Crippen LogP contribution is 2.44. The Hall–Kier alpha value is -2.02. The molecule has 132 valence electrons. The smallest absolute Gasteiger partial charge is 0.323 e. The third-order valence-electron chi connectivity index (χ3n) is 4.45. The minimum absolute atomic E-state index is 0.182. The summed E-state index contributed by atoms with van der Waals surface area (Å²) in [5, 5.41) is 14.7. The van der Waals surface area contributed by atoms with Gasteiger partial charge in [-0.15, -0.1) is 0 Å². The Morgan fingerprint density at radius 2 is 2.00 bits per heavy atom. The summed E-state index contributed by atoms with van der Waals surface area (Å²) in [6, 6.07) is 3.05. The number of halogens is 1. The molecule has 4 atom stereocenters. The Balaban J connectivity index is 2.51. The standard InChI is InChI=1S/C17H23FN2O4/c1-5-24-16(21)14-12(17(2,3)4)15(20(22)23)13(19-14)10-8-6-7-9-11(10)18/h6-9,12-15,19H,5H2,1-4H3/t12-,13+,14+,15+/m1/s1. The second-order valence-electron chi connectivity index (χ2n) is 7.06. The van der Waals surface area contributed by atoms with E-state index in [9.17, 15) is 19.3 Å². The molecule has 1 aromatic rings. The van der Waals surface area contributed by atoms with Crippen LogP contribution in [0.2, 0.25) is 0 Å². The van der Waals surface area contributed by atoms with Crippen molar-refractivity contribution in [3.8, 4) is 0 Å². The second-order valence-corrected chi connectivity index (χ2v) is 7.06. The first-order valence-corrected chi connectivity index (χ1v) is 7.99. The van der Waals surface area contributed by atoms with Crippen molar-refractivity contribution in [2.45, 2.75) is 45.8 Å². The molecule has 0 bridgehead atoms. The first-order valence-electron chi connectivity index (χ1n) is 7.99. The minimum atomic E-state index is -1.13. The maximum atomic E-state index is 14.2. The Kier molecular flexibility index (Phi) is 5.22. The molecule has 0 unspecified atom stereocenters. The van der Waals surface area contributed by atoms with Crippen molar-refractivity contribution in [1.29, 1.82) is 0 Å². The Bertz CT molecular complexity index is 629. The highest BCUT2D eigenvalue weighted by atomic mass is 19.1. The lowest BCUT2D eigenvalue weighted by atomic mass is 9.73. The zero-order valence-corrected chi connectivity index (χ0v) is 14.3. The summed E-state index contributed by atoms with van der Waals surface area (Å²) in [5.41, 5.74) is -0.345. The second kappa shape index (κ2) is 6.84. The number of nitrogens with zero attached hydrogens (tertiary/aromatic N) is 1. The number of hydrogen-bond donors (Lipinski definition) is 1. The molecule has 24 heavy (non-hydrogen) atoms. The van der Waals surface area contributed by atoms with Crippen LogP contribution in [0.15, 0.2) is 24.3 Å². The van der Waals surface area contributed by atoms with Gasteiger partial charge < -0.3 is 4.74 Å². The van der Waals surface area contributed by atoms with Gasteiger partial charge in [-0.25, -0.2) is 4.39 Å². The van der Waals surface area contributed by atoms with Gasteiger partial charge in [0, 0.05) is 10.5 Å². The average molecular weight is 338 g/mol. The van der Waals surface area contributed by atoms with Crippen molar-refractivity contribution in [3.05, 3.63) is 45.8 Å². The van der Waals surface area contributed by atoms with E-state index in [0.29, 0.717) is 0 Å². The van der Waals surface area contributed by atoms with Crippen LogP contribution >= 0.6 is 0 Å². The molecule has 6 nitrogen and oxygen atoms in total. The van der Waals surface area contributed by atoms with Gasteiger partial charge >= 0.3 is 5.97 Å². The molecule has 1 aromatic carbocycles. The molecular formula is C17H23FN2O4. The summed E-state index contributed by atoms with van der Waals surface area (Å²) >= 11 is 0. The van der Waals surface area contributed by atoms with Gasteiger partial charge in [-0.05, 0) is 18.4 Å². The largest absolute Gasteiger partial charge is 0.465 e. The number of benzene rings is 1. The fraction of sp³-hybridized carbons (Fsp3) is 0.588. The molecule has 0 spiro atoms. The molecule has 1 N–H and O–H groups in total. The number of esters is 1.